The van der Waals surface area contributed by atoms with Crippen LogP contribution in [0, 0.1) is 0 Å². The highest BCUT2D eigenvalue weighted by Gasteiger charge is 2.12. The van der Waals surface area contributed by atoms with E-state index in [0.717, 1.165) is 23.5 Å². The zero-order chi connectivity index (χ0) is 12.9. The molecular formula is C13H21N6+. The largest absolute Gasteiger partial charge is 0.368 e. The quantitative estimate of drug-likeness (QED) is 0.674. The lowest BCUT2D eigenvalue weighted by Gasteiger charge is -2.23. The molecule has 3 heterocycles. The van der Waals surface area contributed by atoms with Gasteiger partial charge in [0.25, 0.3) is 0 Å². The van der Waals surface area contributed by atoms with E-state index in [1.165, 1.54) is 45.3 Å². The van der Waals surface area contributed by atoms with Gasteiger partial charge in [0.1, 0.15) is 11.8 Å². The molecule has 1 fully saturated rings. The molecule has 19 heavy (non-hydrogen) atoms. The maximum absolute atomic E-state index is 4.26. The Hall–Kier alpha value is -1.69. The summed E-state index contributed by atoms with van der Waals surface area (Å²) in [6, 6.07) is 0. The Morgan fingerprint density at radius 1 is 1.16 bits per heavy atom. The van der Waals surface area contributed by atoms with Crippen LogP contribution in [-0.4, -0.2) is 46.1 Å². The number of hydrogen-bond acceptors (Lipinski definition) is 4. The second-order valence-electron chi connectivity index (χ2n) is 5.16. The number of nitrogens with one attached hydrogen (secondary N) is 3. The van der Waals surface area contributed by atoms with E-state index in [1.54, 1.807) is 17.6 Å². The summed E-state index contributed by atoms with van der Waals surface area (Å²) in [5.74, 6) is 0.858. The van der Waals surface area contributed by atoms with Crippen molar-refractivity contribution in [3.63, 3.8) is 0 Å². The molecule has 0 bridgehead atoms. The standard InChI is InChI=1S/C13H20N6/c1-2-6-19(7-3-1)8-4-5-14-12-11-13(16-9-15-11)18-10-17-12/h9-10H,1-8H2,(H2,14,15,16,17,18)/p+1. The number of anilines is 1. The van der Waals surface area contributed by atoms with Gasteiger partial charge in [0.2, 0.25) is 0 Å². The third-order valence-corrected chi connectivity index (χ3v) is 3.78. The molecule has 2 aromatic heterocycles. The normalized spacial score (nSPS) is 16.8. The SMILES string of the molecule is c1nc(NCCC[NH+]2CCCCC2)c2[nH]cnc2n1. The summed E-state index contributed by atoms with van der Waals surface area (Å²) < 4.78 is 0. The summed E-state index contributed by atoms with van der Waals surface area (Å²) in [6.45, 7) is 4.90. The van der Waals surface area contributed by atoms with Gasteiger partial charge < -0.3 is 15.2 Å². The molecule has 1 aliphatic rings. The van der Waals surface area contributed by atoms with Crippen LogP contribution in [0.2, 0.25) is 0 Å². The minimum atomic E-state index is 0.721. The van der Waals surface area contributed by atoms with E-state index in [1.807, 2.05) is 0 Å². The molecule has 2 aromatic rings. The fraction of sp³-hybridized carbons (Fsp3) is 0.615. The van der Waals surface area contributed by atoms with Crippen LogP contribution in [0.3, 0.4) is 0 Å². The predicted molar refractivity (Wildman–Crippen MR) is 74.2 cm³/mol. The lowest BCUT2D eigenvalue weighted by molar-refractivity contribution is -0.904. The van der Waals surface area contributed by atoms with E-state index in [9.17, 15) is 0 Å². The number of hydrogen-bond donors (Lipinski definition) is 3. The Morgan fingerprint density at radius 2 is 2.05 bits per heavy atom. The summed E-state index contributed by atoms with van der Waals surface area (Å²) in [5.41, 5.74) is 1.62. The number of fused-ring (bicyclic) bond motifs is 1. The minimum absolute atomic E-state index is 0.721. The van der Waals surface area contributed by atoms with E-state index < -0.39 is 0 Å². The van der Waals surface area contributed by atoms with Crippen molar-refractivity contribution in [1.82, 2.24) is 19.9 Å². The van der Waals surface area contributed by atoms with Gasteiger partial charge in [-0.15, -0.1) is 0 Å². The Kier molecular flexibility index (Phi) is 3.88. The van der Waals surface area contributed by atoms with Crippen molar-refractivity contribution >= 4 is 17.0 Å². The zero-order valence-corrected chi connectivity index (χ0v) is 11.2. The van der Waals surface area contributed by atoms with Crippen LogP contribution in [0.25, 0.3) is 11.2 Å². The number of piperidine rings is 1. The van der Waals surface area contributed by atoms with Gasteiger partial charge in [0, 0.05) is 13.0 Å². The molecule has 6 heteroatoms. The maximum atomic E-state index is 4.26. The molecule has 0 aromatic carbocycles. The first-order valence-corrected chi connectivity index (χ1v) is 7.15. The molecule has 1 saturated heterocycles. The number of rotatable bonds is 5. The molecule has 3 rings (SSSR count). The third-order valence-electron chi connectivity index (χ3n) is 3.78. The number of aromatic nitrogens is 4. The Labute approximate surface area is 112 Å². The van der Waals surface area contributed by atoms with Gasteiger partial charge in [-0.2, -0.15) is 0 Å². The molecule has 0 amide bonds. The highest BCUT2D eigenvalue weighted by molar-refractivity contribution is 5.81. The molecule has 3 N–H and O–H groups in total. The van der Waals surface area contributed by atoms with Crippen LogP contribution in [0.15, 0.2) is 12.7 Å². The van der Waals surface area contributed by atoms with Crippen LogP contribution in [0.4, 0.5) is 5.82 Å². The van der Waals surface area contributed by atoms with Gasteiger partial charge in [-0.25, -0.2) is 15.0 Å². The fourth-order valence-electron chi connectivity index (χ4n) is 2.75. The Bertz CT molecular complexity index is 517. The first kappa shape index (κ1) is 12.3. The number of quaternary nitrogens is 1. The molecule has 102 valence electrons. The van der Waals surface area contributed by atoms with Crippen LogP contribution < -0.4 is 10.2 Å². The lowest BCUT2D eigenvalue weighted by Crippen LogP contribution is -3.12. The van der Waals surface area contributed by atoms with Crippen molar-refractivity contribution in [3.05, 3.63) is 12.7 Å². The predicted octanol–water partition coefficient (Wildman–Crippen LogP) is 0.224. The van der Waals surface area contributed by atoms with Gasteiger partial charge >= 0.3 is 0 Å². The molecule has 0 radical (unpaired) electrons. The van der Waals surface area contributed by atoms with Crippen molar-refractivity contribution in [2.45, 2.75) is 25.7 Å². The number of nitrogens with zero attached hydrogens (tertiary/aromatic N) is 3. The number of imidazole rings is 1. The molecule has 0 aliphatic carbocycles. The van der Waals surface area contributed by atoms with Crippen molar-refractivity contribution in [3.8, 4) is 0 Å². The summed E-state index contributed by atoms with van der Waals surface area (Å²) >= 11 is 0. The first-order valence-electron chi connectivity index (χ1n) is 7.15. The molecule has 6 nitrogen and oxygen atoms in total. The Balaban J connectivity index is 1.48. The molecule has 1 aliphatic heterocycles. The van der Waals surface area contributed by atoms with Gasteiger partial charge in [-0.3, -0.25) is 0 Å². The van der Waals surface area contributed by atoms with Gasteiger partial charge in [0.15, 0.2) is 11.5 Å². The average Bonchev–Trinajstić information content (AvgIpc) is 2.94. The van der Waals surface area contributed by atoms with Gasteiger partial charge in [-0.05, 0) is 19.3 Å². The molecule has 0 unspecified atom stereocenters. The number of aromatic amines is 1. The average molecular weight is 261 g/mol. The number of likely N-dealkylation sites (tertiary alicyclic amines) is 1. The topological polar surface area (TPSA) is 70.9 Å². The summed E-state index contributed by atoms with van der Waals surface area (Å²) in [4.78, 5) is 17.3. The molecule has 0 spiro atoms. The van der Waals surface area contributed by atoms with Crippen molar-refractivity contribution in [2.75, 3.05) is 31.5 Å². The summed E-state index contributed by atoms with van der Waals surface area (Å²) in [5, 5.41) is 3.38. The van der Waals surface area contributed by atoms with Crippen molar-refractivity contribution in [1.29, 1.82) is 0 Å². The van der Waals surface area contributed by atoms with Crippen molar-refractivity contribution < 1.29 is 4.90 Å². The highest BCUT2D eigenvalue weighted by atomic mass is 15.1. The van der Waals surface area contributed by atoms with E-state index in [-0.39, 0.29) is 0 Å². The fourth-order valence-corrected chi connectivity index (χ4v) is 2.75. The minimum Gasteiger partial charge on any atom is -0.368 e. The van der Waals surface area contributed by atoms with Crippen LogP contribution >= 0.6 is 0 Å². The zero-order valence-electron chi connectivity index (χ0n) is 11.2. The van der Waals surface area contributed by atoms with Crippen LogP contribution in [-0.2, 0) is 0 Å². The van der Waals surface area contributed by atoms with Crippen molar-refractivity contribution in [2.24, 2.45) is 0 Å². The van der Waals surface area contributed by atoms with E-state index >= 15 is 0 Å². The van der Waals surface area contributed by atoms with E-state index in [4.69, 9.17) is 0 Å². The summed E-state index contributed by atoms with van der Waals surface area (Å²) in [6.07, 6.45) is 8.59. The monoisotopic (exact) mass is 261 g/mol. The molecule has 0 atom stereocenters. The molecular weight excluding hydrogens is 240 g/mol. The highest BCUT2D eigenvalue weighted by Crippen LogP contribution is 2.13. The lowest BCUT2D eigenvalue weighted by atomic mass is 10.1. The Morgan fingerprint density at radius 3 is 2.95 bits per heavy atom. The third kappa shape index (κ3) is 3.01. The summed E-state index contributed by atoms with van der Waals surface area (Å²) in [7, 11) is 0. The van der Waals surface area contributed by atoms with Gasteiger partial charge in [-0.1, -0.05) is 0 Å². The van der Waals surface area contributed by atoms with E-state index in [0.29, 0.717) is 0 Å². The first-order chi connectivity index (χ1) is 9.43. The van der Waals surface area contributed by atoms with Crippen LogP contribution in [0.5, 0.6) is 0 Å². The molecule has 0 saturated carbocycles. The van der Waals surface area contributed by atoms with Gasteiger partial charge in [0.05, 0.1) is 26.0 Å². The maximum Gasteiger partial charge on any atom is 0.182 e. The second kappa shape index (κ2) is 5.97. The number of H-pyrrole nitrogens is 1. The smallest absolute Gasteiger partial charge is 0.182 e. The van der Waals surface area contributed by atoms with Crippen LogP contribution in [0.1, 0.15) is 25.7 Å². The second-order valence-corrected chi connectivity index (χ2v) is 5.16. The van der Waals surface area contributed by atoms with E-state index in [2.05, 4.69) is 25.3 Å².